The third-order valence-corrected chi connectivity index (χ3v) is 5.49. The third kappa shape index (κ3) is 5.04. The molecule has 25 heavy (non-hydrogen) atoms. The quantitative estimate of drug-likeness (QED) is 0.615. The van der Waals surface area contributed by atoms with Gasteiger partial charge in [-0.05, 0) is 47.0 Å². The summed E-state index contributed by atoms with van der Waals surface area (Å²) in [5.41, 5.74) is -0.714. The summed E-state index contributed by atoms with van der Waals surface area (Å²) in [4.78, 5) is 27.1. The first-order chi connectivity index (χ1) is 11.5. The van der Waals surface area contributed by atoms with Gasteiger partial charge in [-0.2, -0.15) is 0 Å². The molecule has 2 unspecified atom stereocenters. The van der Waals surface area contributed by atoms with Crippen LogP contribution in [-0.4, -0.2) is 70.8 Å². The van der Waals surface area contributed by atoms with Crippen LogP contribution in [0.25, 0.3) is 0 Å². The number of carbonyl (C=O) groups is 1. The van der Waals surface area contributed by atoms with Crippen LogP contribution in [-0.2, 0) is 4.74 Å². The van der Waals surface area contributed by atoms with Crippen LogP contribution in [0.15, 0.2) is 0 Å². The van der Waals surface area contributed by atoms with E-state index >= 15 is 0 Å². The van der Waals surface area contributed by atoms with Gasteiger partial charge in [0.2, 0.25) is 0 Å². The van der Waals surface area contributed by atoms with Gasteiger partial charge in [0, 0.05) is 49.6 Å². The van der Waals surface area contributed by atoms with E-state index in [2.05, 4.69) is 17.1 Å². The van der Waals surface area contributed by atoms with Crippen LogP contribution in [0.3, 0.4) is 0 Å². The van der Waals surface area contributed by atoms with Gasteiger partial charge in [0.1, 0.15) is 5.60 Å². The maximum absolute atomic E-state index is 12.4. The molecular formula is C17H32N4O4. The minimum absolute atomic E-state index is 0.218. The fourth-order valence-corrected chi connectivity index (χ4v) is 3.58. The topological polar surface area (TPSA) is 88.0 Å². The van der Waals surface area contributed by atoms with Crippen molar-refractivity contribution in [3.05, 3.63) is 10.1 Å². The van der Waals surface area contributed by atoms with E-state index in [9.17, 15) is 14.9 Å². The van der Waals surface area contributed by atoms with E-state index in [0.717, 1.165) is 32.4 Å². The molecule has 0 aromatic heterocycles. The van der Waals surface area contributed by atoms with E-state index in [1.165, 1.54) is 0 Å². The summed E-state index contributed by atoms with van der Waals surface area (Å²) in [6.07, 6.45) is 2.28. The molecule has 8 heteroatoms. The van der Waals surface area contributed by atoms with E-state index in [1.807, 2.05) is 27.8 Å². The highest BCUT2D eigenvalue weighted by Crippen LogP contribution is 2.30. The molecule has 2 heterocycles. The number of hydrogen-bond acceptors (Lipinski definition) is 6. The summed E-state index contributed by atoms with van der Waals surface area (Å²) < 4.78 is 5.49. The number of nitrogens with one attached hydrogen (secondary N) is 1. The Kier molecular flexibility index (Phi) is 5.93. The normalized spacial score (nSPS) is 27.6. The second-order valence-electron chi connectivity index (χ2n) is 8.51. The van der Waals surface area contributed by atoms with Crippen LogP contribution in [0, 0.1) is 10.1 Å². The standard InChI is InChI=1S/C17H32N4O4/c1-16(2,3)25-15(22)19(5)17(4)8-10-20(11-9-17)13-6-7-14(18-12-13)21(23)24/h13-14,18H,6-12H2,1-5H3. The smallest absolute Gasteiger partial charge is 0.410 e. The monoisotopic (exact) mass is 356 g/mol. The highest BCUT2D eigenvalue weighted by atomic mass is 16.6. The van der Waals surface area contributed by atoms with Crippen LogP contribution in [0.5, 0.6) is 0 Å². The lowest BCUT2D eigenvalue weighted by atomic mass is 9.87. The van der Waals surface area contributed by atoms with Crippen molar-refractivity contribution in [1.82, 2.24) is 15.1 Å². The summed E-state index contributed by atoms with van der Waals surface area (Å²) in [5.74, 6) is 0. The van der Waals surface area contributed by atoms with Gasteiger partial charge in [-0.3, -0.25) is 20.3 Å². The number of hydrogen-bond donors (Lipinski definition) is 1. The first-order valence-electron chi connectivity index (χ1n) is 9.09. The molecule has 2 aliphatic rings. The number of nitro groups is 1. The first-order valence-corrected chi connectivity index (χ1v) is 9.09. The zero-order valence-electron chi connectivity index (χ0n) is 16.1. The average molecular weight is 356 g/mol. The fourth-order valence-electron chi connectivity index (χ4n) is 3.58. The Morgan fingerprint density at radius 1 is 1.32 bits per heavy atom. The zero-order chi connectivity index (χ0) is 18.8. The predicted octanol–water partition coefficient (Wildman–Crippen LogP) is 2.06. The summed E-state index contributed by atoms with van der Waals surface area (Å²) in [7, 11) is 1.81. The second-order valence-corrected chi connectivity index (χ2v) is 8.51. The lowest BCUT2D eigenvalue weighted by Gasteiger charge is -2.47. The van der Waals surface area contributed by atoms with E-state index in [1.54, 1.807) is 4.90 Å². The molecule has 0 aliphatic carbocycles. The lowest BCUT2D eigenvalue weighted by Crippen LogP contribution is -2.59. The molecule has 0 spiro atoms. The van der Waals surface area contributed by atoms with Crippen molar-refractivity contribution in [3.63, 3.8) is 0 Å². The molecule has 2 rings (SSSR count). The average Bonchev–Trinajstić information content (AvgIpc) is 2.53. The lowest BCUT2D eigenvalue weighted by molar-refractivity contribution is -0.532. The maximum Gasteiger partial charge on any atom is 0.410 e. The zero-order valence-corrected chi connectivity index (χ0v) is 16.1. The van der Waals surface area contributed by atoms with Crippen molar-refractivity contribution < 1.29 is 14.5 Å². The molecule has 8 nitrogen and oxygen atoms in total. The molecule has 2 aliphatic heterocycles. The van der Waals surface area contributed by atoms with E-state index in [4.69, 9.17) is 4.74 Å². The molecule has 0 aromatic carbocycles. The predicted molar refractivity (Wildman–Crippen MR) is 95.0 cm³/mol. The first kappa shape index (κ1) is 19.9. The van der Waals surface area contributed by atoms with E-state index < -0.39 is 11.8 Å². The Hall–Kier alpha value is -1.41. The Bertz CT molecular complexity index is 489. The van der Waals surface area contributed by atoms with Crippen molar-refractivity contribution in [3.8, 4) is 0 Å². The van der Waals surface area contributed by atoms with Crippen molar-refractivity contribution >= 4 is 6.09 Å². The van der Waals surface area contributed by atoms with Gasteiger partial charge in [0.25, 0.3) is 6.17 Å². The van der Waals surface area contributed by atoms with Crippen molar-refractivity contribution in [2.75, 3.05) is 26.7 Å². The van der Waals surface area contributed by atoms with Crippen molar-refractivity contribution in [1.29, 1.82) is 0 Å². The molecule has 1 amide bonds. The maximum atomic E-state index is 12.4. The number of likely N-dealkylation sites (tertiary alicyclic amines) is 1. The molecule has 0 bridgehead atoms. The molecular weight excluding hydrogens is 324 g/mol. The number of nitrogens with zero attached hydrogens (tertiary/aromatic N) is 3. The van der Waals surface area contributed by atoms with Crippen LogP contribution in [0.2, 0.25) is 0 Å². The van der Waals surface area contributed by atoms with Crippen molar-refractivity contribution in [2.45, 2.75) is 76.7 Å². The summed E-state index contributed by atoms with van der Waals surface area (Å²) >= 11 is 0. The van der Waals surface area contributed by atoms with Gasteiger partial charge < -0.3 is 9.64 Å². The molecule has 0 saturated carbocycles. The molecule has 0 radical (unpaired) electrons. The fraction of sp³-hybridized carbons (Fsp3) is 0.941. The van der Waals surface area contributed by atoms with Gasteiger partial charge in [0.15, 0.2) is 0 Å². The van der Waals surface area contributed by atoms with Crippen LogP contribution in [0.4, 0.5) is 4.79 Å². The Morgan fingerprint density at radius 3 is 2.36 bits per heavy atom. The highest BCUT2D eigenvalue weighted by Gasteiger charge is 2.40. The third-order valence-electron chi connectivity index (χ3n) is 5.49. The summed E-state index contributed by atoms with van der Waals surface area (Å²) in [6.45, 7) is 10.2. The summed E-state index contributed by atoms with van der Waals surface area (Å²) in [6, 6.07) is 0.340. The number of ether oxygens (including phenoxy) is 1. The number of carbonyl (C=O) groups excluding carboxylic acids is 1. The van der Waals surface area contributed by atoms with Crippen LogP contribution >= 0.6 is 0 Å². The Labute approximate surface area is 150 Å². The number of rotatable bonds is 3. The van der Waals surface area contributed by atoms with Crippen molar-refractivity contribution in [2.24, 2.45) is 0 Å². The SMILES string of the molecule is CN(C(=O)OC(C)(C)C)C1(C)CCN(C2CCC([N+](=O)[O-])NC2)CC1. The largest absolute Gasteiger partial charge is 0.444 e. The van der Waals surface area contributed by atoms with E-state index in [-0.39, 0.29) is 16.6 Å². The Morgan fingerprint density at radius 2 is 1.92 bits per heavy atom. The number of piperidine rings is 2. The van der Waals surface area contributed by atoms with Gasteiger partial charge in [0.05, 0.1) is 0 Å². The van der Waals surface area contributed by atoms with Gasteiger partial charge >= 0.3 is 6.09 Å². The highest BCUT2D eigenvalue weighted by molar-refractivity contribution is 5.68. The van der Waals surface area contributed by atoms with Crippen LogP contribution in [0.1, 0.15) is 53.4 Å². The van der Waals surface area contributed by atoms with Crippen LogP contribution < -0.4 is 5.32 Å². The molecule has 2 atom stereocenters. The Balaban J connectivity index is 1.86. The molecule has 144 valence electrons. The minimum atomic E-state index is -0.607. The summed E-state index contributed by atoms with van der Waals surface area (Å²) in [5, 5.41) is 13.9. The second kappa shape index (κ2) is 7.45. The molecule has 2 saturated heterocycles. The minimum Gasteiger partial charge on any atom is -0.444 e. The van der Waals surface area contributed by atoms with Gasteiger partial charge in [-0.25, -0.2) is 4.79 Å². The van der Waals surface area contributed by atoms with Gasteiger partial charge in [-0.1, -0.05) is 0 Å². The number of amides is 1. The molecule has 0 aromatic rings. The molecule has 2 fully saturated rings. The van der Waals surface area contributed by atoms with E-state index in [0.29, 0.717) is 19.0 Å². The molecule has 1 N–H and O–H groups in total. The van der Waals surface area contributed by atoms with Gasteiger partial charge in [-0.15, -0.1) is 0 Å².